The van der Waals surface area contributed by atoms with E-state index < -0.39 is 18.5 Å². The van der Waals surface area contributed by atoms with Crippen molar-refractivity contribution in [1.29, 1.82) is 0 Å². The van der Waals surface area contributed by atoms with Crippen molar-refractivity contribution in [2.24, 2.45) is 0 Å². The van der Waals surface area contributed by atoms with E-state index in [4.69, 9.17) is 9.15 Å². The molecule has 3 aromatic rings. The maximum absolute atomic E-state index is 12.6. The molecule has 0 N–H and O–H groups in total. The molecule has 1 aliphatic rings. The summed E-state index contributed by atoms with van der Waals surface area (Å²) in [6.45, 7) is -0.104. The number of esters is 1. The van der Waals surface area contributed by atoms with Gasteiger partial charge in [-0.15, -0.1) is 0 Å². The molecule has 0 saturated carbocycles. The van der Waals surface area contributed by atoms with Crippen molar-refractivity contribution < 1.29 is 23.5 Å². The summed E-state index contributed by atoms with van der Waals surface area (Å²) in [4.78, 5) is 42.0. The van der Waals surface area contributed by atoms with Crippen molar-refractivity contribution >= 4 is 28.7 Å². The van der Waals surface area contributed by atoms with Crippen molar-refractivity contribution in [3.05, 3.63) is 54.3 Å². The maximum Gasteiger partial charge on any atom is 0.339 e. The van der Waals surface area contributed by atoms with Gasteiger partial charge in [-0.2, -0.15) is 0 Å². The minimum atomic E-state index is -0.651. The molecule has 0 radical (unpaired) electrons. The van der Waals surface area contributed by atoms with Gasteiger partial charge in [-0.05, 0) is 30.7 Å². The normalized spacial score (nSPS) is 13.9. The number of carbonyl (C=O) groups excluding carboxylic acids is 3. The SMILES string of the molecule is O=C(OCC(=O)N1CCCC1=O)c1cc(-c2ccco2)nc2ccccc12. The van der Waals surface area contributed by atoms with Gasteiger partial charge < -0.3 is 9.15 Å². The van der Waals surface area contributed by atoms with E-state index in [1.165, 1.54) is 6.26 Å². The molecule has 1 aromatic carbocycles. The molecule has 27 heavy (non-hydrogen) atoms. The number of rotatable bonds is 4. The van der Waals surface area contributed by atoms with Crippen LogP contribution in [0.4, 0.5) is 0 Å². The fourth-order valence-corrected chi connectivity index (χ4v) is 3.09. The highest BCUT2D eigenvalue weighted by Crippen LogP contribution is 2.25. The van der Waals surface area contributed by atoms with Crippen LogP contribution in [0.2, 0.25) is 0 Å². The third-order valence-electron chi connectivity index (χ3n) is 4.41. The van der Waals surface area contributed by atoms with Crippen molar-refractivity contribution in [3.63, 3.8) is 0 Å². The number of para-hydroxylation sites is 1. The lowest BCUT2D eigenvalue weighted by Crippen LogP contribution is -2.35. The highest BCUT2D eigenvalue weighted by molar-refractivity contribution is 6.05. The predicted octanol–water partition coefficient (Wildman–Crippen LogP) is 2.80. The molecule has 136 valence electrons. The van der Waals surface area contributed by atoms with Gasteiger partial charge in [-0.25, -0.2) is 9.78 Å². The largest absolute Gasteiger partial charge is 0.463 e. The van der Waals surface area contributed by atoms with Gasteiger partial charge in [0.15, 0.2) is 12.4 Å². The zero-order valence-electron chi connectivity index (χ0n) is 14.4. The van der Waals surface area contributed by atoms with Gasteiger partial charge in [0.05, 0.1) is 17.3 Å². The van der Waals surface area contributed by atoms with Gasteiger partial charge in [0.25, 0.3) is 5.91 Å². The maximum atomic E-state index is 12.6. The van der Waals surface area contributed by atoms with Crippen LogP contribution < -0.4 is 0 Å². The number of furan rings is 1. The molecule has 0 unspecified atom stereocenters. The fourth-order valence-electron chi connectivity index (χ4n) is 3.09. The zero-order chi connectivity index (χ0) is 18.8. The summed E-state index contributed by atoms with van der Waals surface area (Å²) in [5, 5.41) is 0.613. The molecule has 2 aromatic heterocycles. The number of benzene rings is 1. The Morgan fingerprint density at radius 1 is 1.19 bits per heavy atom. The molecule has 1 saturated heterocycles. The fraction of sp³-hybridized carbons (Fsp3) is 0.200. The number of hydrogen-bond donors (Lipinski definition) is 0. The van der Waals surface area contributed by atoms with Gasteiger partial charge >= 0.3 is 5.97 Å². The van der Waals surface area contributed by atoms with E-state index in [0.29, 0.717) is 41.7 Å². The summed E-state index contributed by atoms with van der Waals surface area (Å²) in [7, 11) is 0. The quantitative estimate of drug-likeness (QED) is 0.661. The molecule has 0 bridgehead atoms. The van der Waals surface area contributed by atoms with Crippen molar-refractivity contribution in [2.75, 3.05) is 13.2 Å². The minimum absolute atomic E-state index is 0.231. The number of hydrogen-bond acceptors (Lipinski definition) is 6. The highest BCUT2D eigenvalue weighted by atomic mass is 16.5. The van der Waals surface area contributed by atoms with E-state index in [2.05, 4.69) is 4.98 Å². The molecule has 2 amide bonds. The topological polar surface area (TPSA) is 89.7 Å². The summed E-state index contributed by atoms with van der Waals surface area (Å²) in [6, 6.07) is 12.2. The summed E-state index contributed by atoms with van der Waals surface area (Å²) in [5.41, 5.74) is 1.39. The molecule has 0 atom stereocenters. The first-order valence-electron chi connectivity index (χ1n) is 8.57. The predicted molar refractivity (Wildman–Crippen MR) is 95.7 cm³/mol. The minimum Gasteiger partial charge on any atom is -0.463 e. The van der Waals surface area contributed by atoms with E-state index in [9.17, 15) is 14.4 Å². The summed E-state index contributed by atoms with van der Waals surface area (Å²) in [6.07, 6.45) is 2.51. The number of pyridine rings is 1. The summed E-state index contributed by atoms with van der Waals surface area (Å²) < 4.78 is 10.6. The monoisotopic (exact) mass is 364 g/mol. The summed E-state index contributed by atoms with van der Waals surface area (Å²) in [5.74, 6) is -0.865. The van der Waals surface area contributed by atoms with Gasteiger partial charge in [0.2, 0.25) is 5.91 Å². The molecular formula is C20H16N2O5. The molecular weight excluding hydrogens is 348 g/mol. The standard InChI is InChI=1S/C20H16N2O5/c23-18-8-3-9-22(18)19(24)12-27-20(25)14-11-16(17-7-4-10-26-17)21-15-6-2-1-5-13(14)15/h1-2,4-7,10-11H,3,8-9,12H2. The first kappa shape index (κ1) is 17.0. The first-order chi connectivity index (χ1) is 13.1. The van der Waals surface area contributed by atoms with Gasteiger partial charge in [-0.1, -0.05) is 18.2 Å². The molecule has 7 nitrogen and oxygen atoms in total. The number of fused-ring (bicyclic) bond motifs is 1. The van der Waals surface area contributed by atoms with Crippen LogP contribution in [0.5, 0.6) is 0 Å². The Morgan fingerprint density at radius 2 is 2.04 bits per heavy atom. The number of aromatic nitrogens is 1. The average molecular weight is 364 g/mol. The van der Waals surface area contributed by atoms with Crippen LogP contribution in [0.3, 0.4) is 0 Å². The van der Waals surface area contributed by atoms with Crippen LogP contribution >= 0.6 is 0 Å². The number of nitrogens with zero attached hydrogens (tertiary/aromatic N) is 2. The molecule has 1 fully saturated rings. The Balaban J connectivity index is 1.61. The Kier molecular flexibility index (Phi) is 4.42. The van der Waals surface area contributed by atoms with Crippen LogP contribution in [-0.2, 0) is 14.3 Å². The third kappa shape index (κ3) is 3.31. The molecule has 0 aliphatic carbocycles. The van der Waals surface area contributed by atoms with Crippen LogP contribution in [0, 0.1) is 0 Å². The Hall–Kier alpha value is -3.48. The van der Waals surface area contributed by atoms with Crippen LogP contribution in [0.15, 0.2) is 53.1 Å². The van der Waals surface area contributed by atoms with Gasteiger partial charge in [0.1, 0.15) is 5.69 Å². The average Bonchev–Trinajstić information content (AvgIpc) is 3.36. The lowest BCUT2D eigenvalue weighted by atomic mass is 10.1. The van der Waals surface area contributed by atoms with Crippen molar-refractivity contribution in [2.45, 2.75) is 12.8 Å². The van der Waals surface area contributed by atoms with E-state index in [-0.39, 0.29) is 11.5 Å². The number of imide groups is 1. The second kappa shape index (κ2) is 7.03. The first-order valence-corrected chi connectivity index (χ1v) is 8.57. The Labute approximate surface area is 154 Å². The molecule has 7 heteroatoms. The van der Waals surface area contributed by atoms with E-state index in [1.807, 2.05) is 6.07 Å². The number of likely N-dealkylation sites (tertiary alicyclic amines) is 1. The van der Waals surface area contributed by atoms with E-state index in [1.54, 1.807) is 36.4 Å². The smallest absolute Gasteiger partial charge is 0.339 e. The lowest BCUT2D eigenvalue weighted by molar-refractivity contribution is -0.143. The number of amides is 2. The molecule has 3 heterocycles. The summed E-state index contributed by atoms with van der Waals surface area (Å²) >= 11 is 0. The molecule has 1 aliphatic heterocycles. The van der Waals surface area contributed by atoms with Crippen LogP contribution in [0.25, 0.3) is 22.4 Å². The highest BCUT2D eigenvalue weighted by Gasteiger charge is 2.27. The van der Waals surface area contributed by atoms with Crippen LogP contribution in [0.1, 0.15) is 23.2 Å². The lowest BCUT2D eigenvalue weighted by Gasteiger charge is -2.14. The molecule has 4 rings (SSSR count). The number of ether oxygens (including phenoxy) is 1. The van der Waals surface area contributed by atoms with Crippen molar-refractivity contribution in [3.8, 4) is 11.5 Å². The Morgan fingerprint density at radius 3 is 2.78 bits per heavy atom. The Bertz CT molecular complexity index is 1030. The van der Waals surface area contributed by atoms with Gasteiger partial charge in [-0.3, -0.25) is 14.5 Å². The second-order valence-corrected chi connectivity index (χ2v) is 6.17. The number of carbonyl (C=O) groups is 3. The third-order valence-corrected chi connectivity index (χ3v) is 4.41. The second-order valence-electron chi connectivity index (χ2n) is 6.17. The van der Waals surface area contributed by atoms with E-state index in [0.717, 1.165) is 4.90 Å². The molecule has 0 spiro atoms. The van der Waals surface area contributed by atoms with E-state index >= 15 is 0 Å². The van der Waals surface area contributed by atoms with Crippen molar-refractivity contribution in [1.82, 2.24) is 9.88 Å². The van der Waals surface area contributed by atoms with Crippen LogP contribution in [-0.4, -0.2) is 40.8 Å². The zero-order valence-corrected chi connectivity index (χ0v) is 14.4. The van der Waals surface area contributed by atoms with Gasteiger partial charge in [0, 0.05) is 18.4 Å².